The number of amides is 1. The molecule has 0 unspecified atom stereocenters. The van der Waals surface area contributed by atoms with Crippen molar-refractivity contribution in [1.29, 1.82) is 0 Å². The van der Waals surface area contributed by atoms with Gasteiger partial charge in [-0.3, -0.25) is 14.4 Å². The number of fused-ring (bicyclic) bond motifs is 3. The van der Waals surface area contributed by atoms with Crippen molar-refractivity contribution in [2.75, 3.05) is 6.61 Å². The number of para-hydroxylation sites is 1. The summed E-state index contributed by atoms with van der Waals surface area (Å²) in [6.45, 7) is 4.00. The first-order valence-electron chi connectivity index (χ1n) is 9.74. The number of aromatic amines is 1. The van der Waals surface area contributed by atoms with Crippen LogP contribution in [0.5, 0.6) is 0 Å². The van der Waals surface area contributed by atoms with Crippen molar-refractivity contribution in [1.82, 2.24) is 9.88 Å². The molecule has 0 spiro atoms. The largest absolute Gasteiger partial charge is 0.466 e. The van der Waals surface area contributed by atoms with Crippen LogP contribution >= 0.6 is 0 Å². The fourth-order valence-electron chi connectivity index (χ4n) is 5.00. The van der Waals surface area contributed by atoms with Gasteiger partial charge in [-0.05, 0) is 44.7 Å². The number of aromatic nitrogens is 1. The van der Waals surface area contributed by atoms with E-state index in [4.69, 9.17) is 4.74 Å². The van der Waals surface area contributed by atoms with E-state index in [1.54, 1.807) is 11.8 Å². The Labute approximate surface area is 161 Å². The monoisotopic (exact) mass is 386 g/mol. The van der Waals surface area contributed by atoms with E-state index >= 15 is 0 Å². The van der Waals surface area contributed by atoms with E-state index in [1.807, 2.05) is 6.92 Å². The van der Waals surface area contributed by atoms with Crippen molar-refractivity contribution in [3.05, 3.63) is 46.0 Å². The molecule has 1 N–H and O–H groups in total. The number of rotatable bonds is 4. The first-order chi connectivity index (χ1) is 13.4. The van der Waals surface area contributed by atoms with E-state index in [-0.39, 0.29) is 40.6 Å². The lowest BCUT2D eigenvalue weighted by Crippen LogP contribution is -2.45. The molecule has 1 aromatic heterocycles. The van der Waals surface area contributed by atoms with E-state index in [0.717, 1.165) is 12.8 Å². The first-order valence-corrected chi connectivity index (χ1v) is 9.74. The van der Waals surface area contributed by atoms with Gasteiger partial charge in [0.05, 0.1) is 17.5 Å². The number of carbonyl (C=O) groups excluding carboxylic acids is 2. The molecule has 4 rings (SSSR count). The molecule has 0 radical (unpaired) electrons. The number of benzene rings is 1. The van der Waals surface area contributed by atoms with Gasteiger partial charge in [0, 0.05) is 23.5 Å². The number of carbonyl (C=O) groups is 2. The van der Waals surface area contributed by atoms with Gasteiger partial charge in [0.2, 0.25) is 0 Å². The van der Waals surface area contributed by atoms with Gasteiger partial charge in [0.1, 0.15) is 11.5 Å². The average Bonchev–Trinajstić information content (AvgIpc) is 3.24. The minimum Gasteiger partial charge on any atom is -0.466 e. The number of pyridine rings is 1. The Bertz CT molecular complexity index is 1020. The molecule has 7 heteroatoms. The summed E-state index contributed by atoms with van der Waals surface area (Å²) in [4.78, 5) is 42.9. The minimum absolute atomic E-state index is 0.0250. The lowest BCUT2D eigenvalue weighted by molar-refractivity contribution is -0.157. The molecule has 0 saturated carbocycles. The van der Waals surface area contributed by atoms with Crippen LogP contribution in [0.15, 0.2) is 29.1 Å². The van der Waals surface area contributed by atoms with E-state index < -0.39 is 16.7 Å². The molecule has 6 nitrogen and oxygen atoms in total. The highest BCUT2D eigenvalue weighted by atomic mass is 19.1. The van der Waals surface area contributed by atoms with Crippen LogP contribution in [0.4, 0.5) is 4.39 Å². The Balaban J connectivity index is 1.73. The molecule has 1 amide bonds. The van der Waals surface area contributed by atoms with Gasteiger partial charge in [-0.1, -0.05) is 13.0 Å². The number of nitrogens with one attached hydrogen (secondary N) is 1. The van der Waals surface area contributed by atoms with Crippen LogP contribution < -0.4 is 5.43 Å². The predicted octanol–water partition coefficient (Wildman–Crippen LogP) is 3.00. The van der Waals surface area contributed by atoms with Crippen molar-refractivity contribution in [3.8, 4) is 0 Å². The summed E-state index contributed by atoms with van der Waals surface area (Å²) in [5.41, 5.74) is -1.04. The normalized spacial score (nSPS) is 26.0. The summed E-state index contributed by atoms with van der Waals surface area (Å²) in [6, 6.07) is 5.10. The molecule has 2 saturated heterocycles. The molecule has 2 aliphatic heterocycles. The highest BCUT2D eigenvalue weighted by Gasteiger charge is 2.61. The number of hydrogen-bond donors (Lipinski definition) is 1. The fourth-order valence-corrected chi connectivity index (χ4v) is 5.00. The Morgan fingerprint density at radius 3 is 2.82 bits per heavy atom. The zero-order valence-electron chi connectivity index (χ0n) is 16.0. The summed E-state index contributed by atoms with van der Waals surface area (Å²) < 4.78 is 19.5. The molecule has 3 heterocycles. The standard InChI is InChI=1S/C21H23FN2O4/c1-3-21(20(27)28-4-2)11-12-8-9-17(21)24(12)19(26)15-10-16(25)13-6-5-7-14(22)18(13)23-15/h5-7,10,12,17H,3-4,8-9,11H2,1-2H3,(H,23,25)/t12-,17+,21+/m1/s1. The third-order valence-electron chi connectivity index (χ3n) is 6.33. The number of nitrogens with zero attached hydrogens (tertiary/aromatic N) is 1. The second-order valence-corrected chi connectivity index (χ2v) is 7.60. The van der Waals surface area contributed by atoms with Crippen LogP contribution in [0.25, 0.3) is 10.9 Å². The number of esters is 1. The van der Waals surface area contributed by atoms with E-state index in [0.29, 0.717) is 19.4 Å². The molecule has 148 valence electrons. The van der Waals surface area contributed by atoms with Gasteiger partial charge in [0.15, 0.2) is 5.43 Å². The van der Waals surface area contributed by atoms with Crippen LogP contribution in [0, 0.1) is 11.2 Å². The summed E-state index contributed by atoms with van der Waals surface area (Å²) in [7, 11) is 0. The maximum Gasteiger partial charge on any atom is 0.314 e. The van der Waals surface area contributed by atoms with E-state index in [9.17, 15) is 18.8 Å². The smallest absolute Gasteiger partial charge is 0.314 e. The Morgan fingerprint density at radius 2 is 2.11 bits per heavy atom. The van der Waals surface area contributed by atoms with Crippen LogP contribution in [0.1, 0.15) is 50.0 Å². The van der Waals surface area contributed by atoms with Gasteiger partial charge < -0.3 is 14.6 Å². The van der Waals surface area contributed by atoms with Crippen molar-refractivity contribution in [2.24, 2.45) is 5.41 Å². The highest BCUT2D eigenvalue weighted by molar-refractivity contribution is 5.96. The SMILES string of the molecule is CCOC(=O)[C@@]1(CC)C[C@H]2CC[C@@H]1N2C(=O)c1cc(=O)c2cccc(F)c2[nH]1. The first kappa shape index (κ1) is 18.7. The van der Waals surface area contributed by atoms with Crippen LogP contribution in [0.3, 0.4) is 0 Å². The molecule has 2 aromatic rings. The maximum atomic E-state index is 14.2. The molecular weight excluding hydrogens is 363 g/mol. The minimum atomic E-state index is -0.711. The zero-order valence-corrected chi connectivity index (χ0v) is 16.0. The summed E-state index contributed by atoms with van der Waals surface area (Å²) in [5.74, 6) is -1.21. The number of ether oxygens (including phenoxy) is 1. The van der Waals surface area contributed by atoms with E-state index in [1.165, 1.54) is 24.3 Å². The second kappa shape index (κ2) is 6.72. The third kappa shape index (κ3) is 2.56. The second-order valence-electron chi connectivity index (χ2n) is 7.60. The number of hydrogen-bond acceptors (Lipinski definition) is 4. The predicted molar refractivity (Wildman–Crippen MR) is 101 cm³/mol. The van der Waals surface area contributed by atoms with Crippen molar-refractivity contribution >= 4 is 22.8 Å². The van der Waals surface area contributed by atoms with Crippen molar-refractivity contribution < 1.29 is 18.7 Å². The van der Waals surface area contributed by atoms with Gasteiger partial charge in [-0.15, -0.1) is 0 Å². The highest BCUT2D eigenvalue weighted by Crippen LogP contribution is 2.52. The maximum absolute atomic E-state index is 14.2. The molecule has 2 bridgehead atoms. The zero-order chi connectivity index (χ0) is 20.1. The van der Waals surface area contributed by atoms with Gasteiger partial charge in [-0.25, -0.2) is 4.39 Å². The Morgan fingerprint density at radius 1 is 1.32 bits per heavy atom. The molecule has 1 aromatic carbocycles. The van der Waals surface area contributed by atoms with Gasteiger partial charge >= 0.3 is 5.97 Å². The number of halogens is 1. The lowest BCUT2D eigenvalue weighted by Gasteiger charge is -2.34. The lowest BCUT2D eigenvalue weighted by atomic mass is 9.72. The van der Waals surface area contributed by atoms with Gasteiger partial charge in [0.25, 0.3) is 5.91 Å². The van der Waals surface area contributed by atoms with Crippen molar-refractivity contribution in [2.45, 2.75) is 51.6 Å². The van der Waals surface area contributed by atoms with Crippen LogP contribution in [-0.4, -0.2) is 40.5 Å². The summed E-state index contributed by atoms with van der Waals surface area (Å²) >= 11 is 0. The average molecular weight is 386 g/mol. The Hall–Kier alpha value is -2.70. The van der Waals surface area contributed by atoms with Gasteiger partial charge in [-0.2, -0.15) is 0 Å². The van der Waals surface area contributed by atoms with Crippen LogP contribution in [0.2, 0.25) is 0 Å². The third-order valence-corrected chi connectivity index (χ3v) is 6.33. The number of H-pyrrole nitrogens is 1. The Kier molecular flexibility index (Phi) is 4.48. The topological polar surface area (TPSA) is 79.5 Å². The molecule has 2 fully saturated rings. The molecule has 3 atom stereocenters. The van der Waals surface area contributed by atoms with E-state index in [2.05, 4.69) is 4.98 Å². The fraction of sp³-hybridized carbons (Fsp3) is 0.476. The molecule has 0 aliphatic carbocycles. The summed E-state index contributed by atoms with van der Waals surface area (Å²) in [5, 5.41) is 0.204. The molecule has 2 aliphatic rings. The quantitative estimate of drug-likeness (QED) is 0.820. The molecular formula is C21H23FN2O4. The van der Waals surface area contributed by atoms with Crippen molar-refractivity contribution in [3.63, 3.8) is 0 Å². The van der Waals surface area contributed by atoms with Crippen LogP contribution in [-0.2, 0) is 9.53 Å². The summed E-state index contributed by atoms with van der Waals surface area (Å²) in [6.07, 6.45) is 2.67. The molecule has 28 heavy (non-hydrogen) atoms.